The highest BCUT2D eigenvalue weighted by Crippen LogP contribution is 2.48. The summed E-state index contributed by atoms with van der Waals surface area (Å²) in [5.41, 5.74) is 6.10. The van der Waals surface area contributed by atoms with Gasteiger partial charge in [-0.2, -0.15) is 9.97 Å². The van der Waals surface area contributed by atoms with E-state index in [2.05, 4.69) is 62.8 Å². The summed E-state index contributed by atoms with van der Waals surface area (Å²) in [5.74, 6) is 4.23. The van der Waals surface area contributed by atoms with Crippen LogP contribution in [0.25, 0.3) is 32.8 Å². The van der Waals surface area contributed by atoms with Crippen LogP contribution < -0.4 is 14.4 Å². The van der Waals surface area contributed by atoms with Crippen molar-refractivity contribution in [2.24, 2.45) is 17.3 Å². The van der Waals surface area contributed by atoms with Crippen molar-refractivity contribution in [1.29, 1.82) is 0 Å². The van der Waals surface area contributed by atoms with Crippen molar-refractivity contribution in [2.45, 2.75) is 96.7 Å². The van der Waals surface area contributed by atoms with Gasteiger partial charge in [-0.15, -0.1) is 5.54 Å². The number of ether oxygens (including phenoxy) is 4. The number of hydrogen-bond donors (Lipinski definition) is 0. The molecule has 2 saturated heterocycles. The van der Waals surface area contributed by atoms with E-state index in [1.54, 1.807) is 13.2 Å². The first kappa shape index (κ1) is 41.9. The molecule has 3 aromatic carbocycles. The molecule has 316 valence electrons. The largest absolute Gasteiger partial charge is 0.468 e. The molecule has 8 rings (SSSR count). The lowest BCUT2D eigenvalue weighted by atomic mass is 9.92. The summed E-state index contributed by atoms with van der Waals surface area (Å²) in [6.45, 7) is 20.1. The Morgan fingerprint density at radius 2 is 1.68 bits per heavy atom. The molecule has 0 N–H and O–H groups in total. The maximum absolute atomic E-state index is 17.8. The van der Waals surface area contributed by atoms with Gasteiger partial charge >= 0.3 is 6.01 Å². The lowest BCUT2D eigenvalue weighted by Gasteiger charge is -2.38. The highest BCUT2D eigenvalue weighted by molar-refractivity contribution is 6.90. The zero-order valence-electron chi connectivity index (χ0n) is 36.1. The molecule has 2 atom stereocenters. The fourth-order valence-electron chi connectivity index (χ4n) is 10.8. The number of halogens is 2. The molecule has 0 spiro atoms. The van der Waals surface area contributed by atoms with Crippen molar-refractivity contribution < 1.29 is 27.7 Å². The number of methoxy groups -OCH3 is 1. The number of aromatic nitrogens is 2. The fraction of sp³-hybridized carbons (Fsp3) is 0.583. The van der Waals surface area contributed by atoms with Gasteiger partial charge in [0.2, 0.25) is 0 Å². The minimum atomic E-state index is -2.14. The summed E-state index contributed by atoms with van der Waals surface area (Å²) in [4.78, 5) is 14.5. The molecule has 2 unspecified atom stereocenters. The normalized spacial score (nSPS) is 20.7. The third-order valence-electron chi connectivity index (χ3n) is 13.9. The number of fused-ring (bicyclic) bond motifs is 4. The summed E-state index contributed by atoms with van der Waals surface area (Å²) in [5, 5.41) is 1.81. The van der Waals surface area contributed by atoms with Gasteiger partial charge in [0, 0.05) is 73.8 Å². The number of rotatable bonds is 13. The van der Waals surface area contributed by atoms with Crippen LogP contribution in [0.1, 0.15) is 85.6 Å². The third-order valence-corrected chi connectivity index (χ3v) is 20.2. The van der Waals surface area contributed by atoms with E-state index in [-0.39, 0.29) is 29.3 Å². The average molecular weight is 825 g/mol. The fourth-order valence-corrected chi connectivity index (χ4v) is 16.0. The summed E-state index contributed by atoms with van der Waals surface area (Å²) < 4.78 is 58.3. The van der Waals surface area contributed by atoms with Crippen LogP contribution in [0, 0.1) is 40.3 Å². The van der Waals surface area contributed by atoms with Crippen LogP contribution in [-0.4, -0.2) is 89.4 Å². The van der Waals surface area contributed by atoms with Gasteiger partial charge in [-0.1, -0.05) is 59.6 Å². The maximum atomic E-state index is 17.8. The highest BCUT2D eigenvalue weighted by Gasteiger charge is 2.45. The Balaban J connectivity index is 1.27. The van der Waals surface area contributed by atoms with Crippen molar-refractivity contribution in [3.05, 3.63) is 53.6 Å². The van der Waals surface area contributed by atoms with Gasteiger partial charge in [0.1, 0.15) is 31.0 Å². The molecule has 2 aliphatic heterocycles. The molecule has 4 aromatic rings. The molecule has 8 nitrogen and oxygen atoms in total. The molecule has 0 amide bonds. The van der Waals surface area contributed by atoms with E-state index < -0.39 is 19.7 Å². The molecule has 2 aliphatic carbocycles. The Labute approximate surface area is 350 Å². The van der Waals surface area contributed by atoms with E-state index in [1.807, 2.05) is 24.3 Å². The lowest BCUT2D eigenvalue weighted by molar-refractivity contribution is 0.0512. The highest BCUT2D eigenvalue weighted by atomic mass is 28.3. The summed E-state index contributed by atoms with van der Waals surface area (Å²) >= 11 is 0. The Morgan fingerprint density at radius 1 is 0.932 bits per heavy atom. The smallest absolute Gasteiger partial charge is 0.319 e. The first-order valence-electron chi connectivity index (χ1n) is 22.0. The van der Waals surface area contributed by atoms with Crippen LogP contribution in [0.4, 0.5) is 14.6 Å². The SMILES string of the molecule is COCOc1cc(-c2c(F)cc3c(N4CC5CCC(C5)C4)nc(OCC4(CN5CCCOCC5)CC4)nc3c2F)c2c(C#C[Si](C(C)C)(C(C)C)C(C)C)cccc2c1. The molecule has 11 heteroatoms. The standard InChI is InChI=1S/C48H62F2N4O4Si/c1-31(2)59(32(3)4,33(5)6)21-14-36-10-8-11-37-23-38(58-30-55-7)24-39(42(36)37)43-41(49)25-40-45(44(43)50)51-47(52-46(40)54-26-34-12-13-35(22-34)27-54)57-29-48(15-16-48)28-53-17-9-19-56-20-18-53/h8,10-11,23-25,31-35H,9,12-13,15-20,22,26-30H2,1-7H3. The monoisotopic (exact) mass is 824 g/mol. The topological polar surface area (TPSA) is 69.2 Å². The molecule has 2 bridgehead atoms. The predicted octanol–water partition coefficient (Wildman–Crippen LogP) is 10.4. The van der Waals surface area contributed by atoms with Crippen molar-refractivity contribution in [3.63, 3.8) is 0 Å². The minimum Gasteiger partial charge on any atom is -0.468 e. The van der Waals surface area contributed by atoms with Crippen molar-refractivity contribution in [2.75, 3.05) is 71.3 Å². The molecule has 59 heavy (non-hydrogen) atoms. The summed E-state index contributed by atoms with van der Waals surface area (Å²) in [6.07, 6.45) is 6.65. The van der Waals surface area contributed by atoms with Crippen LogP contribution >= 0.6 is 0 Å². The Hall–Kier alpha value is -3.82. The molecule has 1 aromatic heterocycles. The third kappa shape index (κ3) is 8.44. The van der Waals surface area contributed by atoms with Gasteiger partial charge in [-0.25, -0.2) is 8.78 Å². The van der Waals surface area contributed by atoms with Gasteiger partial charge in [0.25, 0.3) is 0 Å². The summed E-state index contributed by atoms with van der Waals surface area (Å²) in [6, 6.07) is 11.0. The first-order valence-corrected chi connectivity index (χ1v) is 24.2. The molecule has 4 fully saturated rings. The number of hydrogen-bond acceptors (Lipinski definition) is 8. The maximum Gasteiger partial charge on any atom is 0.319 e. The Bertz CT molecular complexity index is 2190. The second kappa shape index (κ2) is 17.3. The summed E-state index contributed by atoms with van der Waals surface area (Å²) in [7, 11) is -0.594. The molecule has 4 aliphatic rings. The number of benzene rings is 3. The molecule has 0 radical (unpaired) electrons. The lowest BCUT2D eigenvalue weighted by Crippen LogP contribution is -2.43. The van der Waals surface area contributed by atoms with Crippen LogP contribution in [0.3, 0.4) is 0 Å². The average Bonchev–Trinajstić information content (AvgIpc) is 3.95. The van der Waals surface area contributed by atoms with Gasteiger partial charge in [0.15, 0.2) is 12.6 Å². The van der Waals surface area contributed by atoms with Crippen LogP contribution in [0.5, 0.6) is 11.8 Å². The quantitative estimate of drug-likeness (QED) is 0.0750. The molecular formula is C48H62F2N4O4Si. The van der Waals surface area contributed by atoms with Crippen molar-refractivity contribution >= 4 is 35.6 Å². The number of nitrogens with zero attached hydrogens (tertiary/aromatic N) is 4. The van der Waals surface area contributed by atoms with E-state index >= 15 is 8.78 Å². The van der Waals surface area contributed by atoms with Gasteiger partial charge < -0.3 is 28.7 Å². The number of piperidine rings is 1. The van der Waals surface area contributed by atoms with Gasteiger partial charge in [0.05, 0.1) is 18.8 Å². The Kier molecular flexibility index (Phi) is 12.3. The van der Waals surface area contributed by atoms with Crippen LogP contribution in [-0.2, 0) is 9.47 Å². The second-order valence-electron chi connectivity index (χ2n) is 18.8. The van der Waals surface area contributed by atoms with E-state index in [4.69, 9.17) is 28.9 Å². The van der Waals surface area contributed by atoms with E-state index in [9.17, 15) is 0 Å². The molecule has 2 saturated carbocycles. The Morgan fingerprint density at radius 3 is 2.37 bits per heavy atom. The predicted molar refractivity (Wildman–Crippen MR) is 235 cm³/mol. The van der Waals surface area contributed by atoms with Gasteiger partial charge in [-0.3, -0.25) is 0 Å². The van der Waals surface area contributed by atoms with E-state index in [0.717, 1.165) is 76.1 Å². The minimum absolute atomic E-state index is 0.000296. The molecular weight excluding hydrogens is 763 g/mol. The zero-order valence-corrected chi connectivity index (χ0v) is 37.1. The second-order valence-corrected chi connectivity index (χ2v) is 24.4. The first-order chi connectivity index (χ1) is 28.4. The number of anilines is 1. The van der Waals surface area contributed by atoms with Crippen LogP contribution in [0.15, 0.2) is 36.4 Å². The van der Waals surface area contributed by atoms with E-state index in [0.29, 0.717) is 63.0 Å². The van der Waals surface area contributed by atoms with Gasteiger partial charge in [-0.05, 0) is 96.6 Å². The van der Waals surface area contributed by atoms with E-state index in [1.165, 1.54) is 25.3 Å². The van der Waals surface area contributed by atoms with Crippen molar-refractivity contribution in [3.8, 4) is 34.4 Å². The zero-order chi connectivity index (χ0) is 41.5. The molecule has 3 heterocycles. The van der Waals surface area contributed by atoms with Crippen LogP contribution in [0.2, 0.25) is 16.6 Å². The van der Waals surface area contributed by atoms with Crippen molar-refractivity contribution in [1.82, 2.24) is 14.9 Å².